The number of nitro benzene ring substituents is 1. The summed E-state index contributed by atoms with van der Waals surface area (Å²) in [6.45, 7) is 2.14. The van der Waals surface area contributed by atoms with Crippen LogP contribution in [0.15, 0.2) is 48.5 Å². The van der Waals surface area contributed by atoms with E-state index in [9.17, 15) is 10.1 Å². The van der Waals surface area contributed by atoms with Crippen LogP contribution in [-0.4, -0.2) is 54.4 Å². The summed E-state index contributed by atoms with van der Waals surface area (Å²) in [7, 11) is 0. The quantitative estimate of drug-likeness (QED) is 0.173. The van der Waals surface area contributed by atoms with Crippen molar-refractivity contribution < 1.29 is 23.9 Å². The van der Waals surface area contributed by atoms with Crippen molar-refractivity contribution in [1.29, 1.82) is 0 Å². The van der Waals surface area contributed by atoms with Gasteiger partial charge in [-0.1, -0.05) is 24.3 Å². The zero-order valence-electron chi connectivity index (χ0n) is 17.9. The monoisotopic (exact) mass is 508 g/mol. The van der Waals surface area contributed by atoms with Gasteiger partial charge in [0.25, 0.3) is 5.69 Å². The molecular formula is C20H24N6O6S2. The summed E-state index contributed by atoms with van der Waals surface area (Å²) >= 11 is 10.1. The first-order valence-electron chi connectivity index (χ1n) is 10.1. The number of hydrogen-bond donors (Lipinski definition) is 5. The molecule has 2 fully saturated rings. The SMILES string of the molecule is Nc1ccccc1NC(=S)NC1OCCO1.O=[N+]([O-])c1ccccc1NC(=S)NC1OCCO1. The number of rotatable bonds is 5. The van der Waals surface area contributed by atoms with E-state index >= 15 is 0 Å². The van der Waals surface area contributed by atoms with Crippen molar-refractivity contribution in [2.75, 3.05) is 42.8 Å². The second-order valence-corrected chi connectivity index (χ2v) is 7.52. The lowest BCUT2D eigenvalue weighted by molar-refractivity contribution is -0.383. The molecule has 6 N–H and O–H groups in total. The van der Waals surface area contributed by atoms with Crippen LogP contribution in [0.5, 0.6) is 0 Å². The van der Waals surface area contributed by atoms with Gasteiger partial charge in [-0.05, 0) is 42.6 Å². The molecule has 2 aliphatic rings. The summed E-state index contributed by atoms with van der Waals surface area (Å²) in [5.41, 5.74) is 7.44. The third-order valence-electron chi connectivity index (χ3n) is 4.30. The molecule has 0 aromatic heterocycles. The molecule has 2 aromatic rings. The molecule has 2 saturated heterocycles. The molecule has 0 amide bonds. The number of nitro groups is 1. The van der Waals surface area contributed by atoms with Crippen molar-refractivity contribution in [3.63, 3.8) is 0 Å². The number of nitrogens with zero attached hydrogens (tertiary/aromatic N) is 1. The number of nitrogens with two attached hydrogens (primary N) is 1. The minimum atomic E-state index is -0.604. The van der Waals surface area contributed by atoms with E-state index < -0.39 is 17.8 Å². The van der Waals surface area contributed by atoms with E-state index in [1.807, 2.05) is 18.2 Å². The lowest BCUT2D eigenvalue weighted by Gasteiger charge is -2.15. The summed E-state index contributed by atoms with van der Waals surface area (Å²) in [4.78, 5) is 10.3. The Bertz CT molecular complexity index is 1000. The summed E-state index contributed by atoms with van der Waals surface area (Å²) < 4.78 is 20.7. The number of anilines is 3. The number of nitrogen functional groups attached to an aromatic ring is 1. The average Bonchev–Trinajstić information content (AvgIpc) is 3.50. The molecule has 182 valence electrons. The average molecular weight is 509 g/mol. The molecule has 0 aliphatic carbocycles. The van der Waals surface area contributed by atoms with Crippen LogP contribution in [0.4, 0.5) is 22.7 Å². The Kier molecular flexibility index (Phi) is 9.69. The second-order valence-electron chi connectivity index (χ2n) is 6.71. The van der Waals surface area contributed by atoms with E-state index in [2.05, 4.69) is 21.3 Å². The molecule has 12 nitrogen and oxygen atoms in total. The fraction of sp³-hybridized carbons (Fsp3) is 0.300. The number of para-hydroxylation sites is 4. The zero-order chi connectivity index (χ0) is 24.3. The highest BCUT2D eigenvalue weighted by atomic mass is 32.1. The van der Waals surface area contributed by atoms with Crippen LogP contribution in [0.2, 0.25) is 0 Å². The molecule has 2 aliphatic heterocycles. The molecule has 0 radical (unpaired) electrons. The summed E-state index contributed by atoms with van der Waals surface area (Å²) in [5.74, 6) is 0. The van der Waals surface area contributed by atoms with Crippen molar-refractivity contribution in [2.24, 2.45) is 0 Å². The highest BCUT2D eigenvalue weighted by molar-refractivity contribution is 7.80. The number of nitrogens with one attached hydrogen (secondary N) is 4. The number of hydrogen-bond acceptors (Lipinski definition) is 9. The number of thiocarbonyl (C=S) groups is 2. The topological polar surface area (TPSA) is 154 Å². The zero-order valence-corrected chi connectivity index (χ0v) is 19.5. The van der Waals surface area contributed by atoms with Gasteiger partial charge in [0.1, 0.15) is 5.69 Å². The Balaban J connectivity index is 0.000000192. The Morgan fingerprint density at radius 3 is 1.76 bits per heavy atom. The molecule has 2 heterocycles. The van der Waals surface area contributed by atoms with E-state index in [0.717, 1.165) is 5.69 Å². The highest BCUT2D eigenvalue weighted by Gasteiger charge is 2.19. The molecule has 0 saturated carbocycles. The fourth-order valence-corrected chi connectivity index (χ4v) is 3.18. The van der Waals surface area contributed by atoms with E-state index in [1.165, 1.54) is 6.07 Å². The van der Waals surface area contributed by atoms with Crippen LogP contribution in [0.25, 0.3) is 0 Å². The summed E-state index contributed by atoms with van der Waals surface area (Å²) in [6.07, 6.45) is -1.07. The van der Waals surface area contributed by atoms with Gasteiger partial charge in [-0.2, -0.15) is 0 Å². The van der Waals surface area contributed by atoms with E-state index in [4.69, 9.17) is 49.1 Å². The molecule has 0 spiro atoms. The van der Waals surface area contributed by atoms with Crippen molar-refractivity contribution in [2.45, 2.75) is 12.8 Å². The molecule has 34 heavy (non-hydrogen) atoms. The van der Waals surface area contributed by atoms with Crippen molar-refractivity contribution >= 4 is 57.4 Å². The fourth-order valence-electron chi connectivity index (χ4n) is 2.76. The van der Waals surface area contributed by atoms with Gasteiger partial charge >= 0.3 is 0 Å². The van der Waals surface area contributed by atoms with E-state index in [0.29, 0.717) is 42.9 Å². The minimum Gasteiger partial charge on any atom is -0.397 e. The predicted molar refractivity (Wildman–Crippen MR) is 134 cm³/mol. The number of benzene rings is 2. The lowest BCUT2D eigenvalue weighted by Crippen LogP contribution is -2.38. The third kappa shape index (κ3) is 8.02. The van der Waals surface area contributed by atoms with Crippen LogP contribution in [-0.2, 0) is 18.9 Å². The van der Waals surface area contributed by atoms with Gasteiger partial charge in [0.15, 0.2) is 10.2 Å². The largest absolute Gasteiger partial charge is 0.397 e. The van der Waals surface area contributed by atoms with Crippen molar-refractivity contribution in [1.82, 2.24) is 10.6 Å². The Morgan fingerprint density at radius 2 is 1.26 bits per heavy atom. The lowest BCUT2D eigenvalue weighted by atomic mass is 10.3. The Morgan fingerprint density at radius 1 is 0.824 bits per heavy atom. The smallest absolute Gasteiger partial charge is 0.292 e. The highest BCUT2D eigenvalue weighted by Crippen LogP contribution is 2.23. The summed E-state index contributed by atoms with van der Waals surface area (Å²) in [5, 5.41) is 22.8. The molecule has 0 bridgehead atoms. The molecule has 4 rings (SSSR count). The van der Waals surface area contributed by atoms with Gasteiger partial charge < -0.3 is 45.9 Å². The van der Waals surface area contributed by atoms with Gasteiger partial charge in [-0.15, -0.1) is 0 Å². The Labute approximate surface area is 206 Å². The first-order chi connectivity index (χ1) is 16.4. The third-order valence-corrected chi connectivity index (χ3v) is 4.74. The number of ether oxygens (including phenoxy) is 4. The van der Waals surface area contributed by atoms with E-state index in [1.54, 1.807) is 24.3 Å². The first-order valence-corrected chi connectivity index (χ1v) is 10.9. The van der Waals surface area contributed by atoms with Crippen molar-refractivity contribution in [3.8, 4) is 0 Å². The maximum atomic E-state index is 10.8. The van der Waals surface area contributed by atoms with Gasteiger partial charge in [-0.25, -0.2) is 0 Å². The van der Waals surface area contributed by atoms with Crippen LogP contribution in [0.1, 0.15) is 0 Å². The molecule has 2 aromatic carbocycles. The van der Waals surface area contributed by atoms with Crippen LogP contribution >= 0.6 is 24.4 Å². The first kappa shape index (κ1) is 25.5. The molecule has 0 atom stereocenters. The van der Waals surface area contributed by atoms with Crippen molar-refractivity contribution in [3.05, 3.63) is 58.6 Å². The van der Waals surface area contributed by atoms with Crippen LogP contribution in [0, 0.1) is 10.1 Å². The molecule has 14 heteroatoms. The van der Waals surface area contributed by atoms with Crippen LogP contribution < -0.4 is 27.0 Å². The van der Waals surface area contributed by atoms with Gasteiger partial charge in [0.2, 0.25) is 12.8 Å². The molecular weight excluding hydrogens is 484 g/mol. The molecule has 0 unspecified atom stereocenters. The Hall–Kier alpha value is -3.14. The summed E-state index contributed by atoms with van der Waals surface area (Å²) in [6, 6.07) is 13.6. The normalized spacial score (nSPS) is 15.6. The van der Waals surface area contributed by atoms with Crippen LogP contribution in [0.3, 0.4) is 0 Å². The maximum absolute atomic E-state index is 10.8. The van der Waals surface area contributed by atoms with E-state index in [-0.39, 0.29) is 10.8 Å². The van der Waals surface area contributed by atoms with Gasteiger partial charge in [0.05, 0.1) is 42.7 Å². The van der Waals surface area contributed by atoms with Gasteiger partial charge in [0, 0.05) is 6.07 Å². The van der Waals surface area contributed by atoms with Gasteiger partial charge in [-0.3, -0.25) is 10.1 Å². The predicted octanol–water partition coefficient (Wildman–Crippen LogP) is 2.10. The maximum Gasteiger partial charge on any atom is 0.292 e. The second kappa shape index (κ2) is 12.9. The minimum absolute atomic E-state index is 0.0464. The standard InChI is InChI=1S/C10H11N3O4S.C10H13N3O2S/c14-13(15)8-4-2-1-3-7(8)11-9(18)12-10-16-5-6-17-10;11-7-3-1-2-4-8(7)12-9(16)13-10-14-5-6-15-10/h1-4,10H,5-6H2,(H2,11,12,18);1-4,10H,5-6,11H2,(H2,12,13,16).